The van der Waals surface area contributed by atoms with Crippen molar-refractivity contribution in [3.8, 4) is 0 Å². The summed E-state index contributed by atoms with van der Waals surface area (Å²) in [6, 6.07) is 3.03. The van der Waals surface area contributed by atoms with Gasteiger partial charge in [-0.25, -0.2) is 4.39 Å². The number of aryl methyl sites for hydroxylation is 1. The number of likely N-dealkylation sites (N-methyl/N-ethyl adjacent to an activating group) is 1. The van der Waals surface area contributed by atoms with E-state index in [-0.39, 0.29) is 5.82 Å². The highest BCUT2D eigenvalue weighted by molar-refractivity contribution is 5.77. The molecule has 0 aliphatic carbocycles. The average molecular weight is 195 g/mol. The van der Waals surface area contributed by atoms with Crippen LogP contribution in [0.25, 0.3) is 0 Å². The van der Waals surface area contributed by atoms with Gasteiger partial charge in [0.1, 0.15) is 12.1 Å². The van der Waals surface area contributed by atoms with E-state index in [1.165, 1.54) is 6.07 Å². The van der Waals surface area contributed by atoms with Gasteiger partial charge in [-0.2, -0.15) is 0 Å². The zero-order valence-electron chi connectivity index (χ0n) is 8.43. The first-order chi connectivity index (χ1) is 6.69. The first-order valence-corrected chi connectivity index (χ1v) is 4.58. The molecule has 76 valence electrons. The first kappa shape index (κ1) is 10.9. The lowest BCUT2D eigenvalue weighted by atomic mass is 10.0. The fourth-order valence-electron chi connectivity index (χ4n) is 1.34. The topological polar surface area (TPSA) is 29.1 Å². The van der Waals surface area contributed by atoms with Crippen molar-refractivity contribution < 1.29 is 9.18 Å². The number of benzene rings is 1. The Morgan fingerprint density at radius 3 is 2.79 bits per heavy atom. The van der Waals surface area contributed by atoms with Crippen molar-refractivity contribution in [3.05, 3.63) is 34.6 Å². The Hall–Kier alpha value is -1.22. The van der Waals surface area contributed by atoms with E-state index in [1.807, 2.05) is 7.05 Å². The molecule has 0 aliphatic heterocycles. The maximum atomic E-state index is 13.1. The van der Waals surface area contributed by atoms with Crippen LogP contribution in [0.2, 0.25) is 0 Å². The second-order valence-corrected chi connectivity index (χ2v) is 3.27. The molecule has 0 saturated heterocycles. The molecule has 0 radical (unpaired) electrons. The van der Waals surface area contributed by atoms with Crippen molar-refractivity contribution in [3.63, 3.8) is 0 Å². The molecule has 0 aromatic heterocycles. The van der Waals surface area contributed by atoms with Gasteiger partial charge in [0.15, 0.2) is 0 Å². The van der Waals surface area contributed by atoms with Gasteiger partial charge in [-0.1, -0.05) is 6.07 Å². The summed E-state index contributed by atoms with van der Waals surface area (Å²) in [5.41, 5.74) is 1.93. The molecule has 1 N–H and O–H groups in total. The summed E-state index contributed by atoms with van der Waals surface area (Å²) in [5, 5.41) is 2.99. The fourth-order valence-corrected chi connectivity index (χ4v) is 1.34. The van der Waals surface area contributed by atoms with Crippen molar-refractivity contribution in [2.45, 2.75) is 13.3 Å². The summed E-state index contributed by atoms with van der Waals surface area (Å²) in [6.45, 7) is 2.48. The standard InChI is InChI=1S/C11H14FNO/c1-8-5-9(3-4-13-2)10(7-14)6-11(8)12/h5-7,13H,3-4H2,1-2H3. The van der Waals surface area contributed by atoms with Crippen molar-refractivity contribution in [1.29, 1.82) is 0 Å². The Morgan fingerprint density at radius 1 is 1.50 bits per heavy atom. The number of aldehydes is 1. The van der Waals surface area contributed by atoms with Crippen molar-refractivity contribution in [1.82, 2.24) is 5.32 Å². The first-order valence-electron chi connectivity index (χ1n) is 4.58. The number of rotatable bonds is 4. The number of hydrogen-bond donors (Lipinski definition) is 1. The third kappa shape index (κ3) is 2.39. The predicted octanol–water partition coefficient (Wildman–Crippen LogP) is 1.71. The molecule has 0 bridgehead atoms. The van der Waals surface area contributed by atoms with Crippen LogP contribution >= 0.6 is 0 Å². The van der Waals surface area contributed by atoms with Crippen LogP contribution in [0.15, 0.2) is 12.1 Å². The largest absolute Gasteiger partial charge is 0.319 e. The third-order valence-electron chi connectivity index (χ3n) is 2.19. The predicted molar refractivity (Wildman–Crippen MR) is 54.2 cm³/mol. The van der Waals surface area contributed by atoms with Crippen LogP contribution < -0.4 is 5.32 Å². The molecule has 0 atom stereocenters. The van der Waals surface area contributed by atoms with Gasteiger partial charge >= 0.3 is 0 Å². The second kappa shape index (κ2) is 4.86. The summed E-state index contributed by atoms with van der Waals surface area (Å²) in [5.74, 6) is -0.319. The number of halogens is 1. The van der Waals surface area contributed by atoms with E-state index in [0.29, 0.717) is 17.4 Å². The number of hydrogen-bond acceptors (Lipinski definition) is 2. The highest BCUT2D eigenvalue weighted by Crippen LogP contribution is 2.14. The minimum atomic E-state index is -0.319. The molecule has 14 heavy (non-hydrogen) atoms. The Morgan fingerprint density at radius 2 is 2.21 bits per heavy atom. The molecule has 1 rings (SSSR count). The van der Waals surface area contributed by atoms with Gasteiger partial charge in [0.25, 0.3) is 0 Å². The lowest BCUT2D eigenvalue weighted by molar-refractivity contribution is 0.112. The summed E-state index contributed by atoms with van der Waals surface area (Å²) < 4.78 is 13.1. The van der Waals surface area contributed by atoms with Crippen LogP contribution in [0.5, 0.6) is 0 Å². The van der Waals surface area contributed by atoms with Gasteiger partial charge < -0.3 is 5.32 Å². The fraction of sp³-hybridized carbons (Fsp3) is 0.364. The van der Waals surface area contributed by atoms with E-state index in [1.54, 1.807) is 13.0 Å². The van der Waals surface area contributed by atoms with Crippen molar-refractivity contribution in [2.75, 3.05) is 13.6 Å². The molecule has 0 heterocycles. The quantitative estimate of drug-likeness (QED) is 0.741. The van der Waals surface area contributed by atoms with Gasteiger partial charge in [-0.15, -0.1) is 0 Å². The van der Waals surface area contributed by atoms with Crippen LogP contribution in [-0.4, -0.2) is 19.9 Å². The highest BCUT2D eigenvalue weighted by Gasteiger charge is 2.05. The summed E-state index contributed by atoms with van der Waals surface area (Å²) >= 11 is 0. The van der Waals surface area contributed by atoms with Gasteiger partial charge in [-0.05, 0) is 44.1 Å². The molecule has 0 unspecified atom stereocenters. The molecular weight excluding hydrogens is 181 g/mol. The van der Waals surface area contributed by atoms with E-state index in [2.05, 4.69) is 5.32 Å². The zero-order chi connectivity index (χ0) is 10.6. The summed E-state index contributed by atoms with van der Waals surface area (Å²) in [6.07, 6.45) is 1.44. The van der Waals surface area contributed by atoms with Crippen LogP contribution in [0.4, 0.5) is 4.39 Å². The minimum absolute atomic E-state index is 0.319. The van der Waals surface area contributed by atoms with Gasteiger partial charge in [-0.3, -0.25) is 4.79 Å². The van der Waals surface area contributed by atoms with Crippen LogP contribution in [0.3, 0.4) is 0 Å². The van der Waals surface area contributed by atoms with Crippen LogP contribution in [0.1, 0.15) is 21.5 Å². The highest BCUT2D eigenvalue weighted by atomic mass is 19.1. The minimum Gasteiger partial charge on any atom is -0.319 e. The molecule has 0 amide bonds. The van der Waals surface area contributed by atoms with E-state index in [9.17, 15) is 9.18 Å². The van der Waals surface area contributed by atoms with E-state index >= 15 is 0 Å². The van der Waals surface area contributed by atoms with E-state index in [0.717, 1.165) is 18.5 Å². The molecule has 1 aromatic carbocycles. The van der Waals surface area contributed by atoms with E-state index in [4.69, 9.17) is 0 Å². The summed E-state index contributed by atoms with van der Waals surface area (Å²) in [4.78, 5) is 10.7. The van der Waals surface area contributed by atoms with Gasteiger partial charge in [0.2, 0.25) is 0 Å². The SMILES string of the molecule is CNCCc1cc(C)c(F)cc1C=O. The Bertz CT molecular complexity index is 336. The molecule has 0 spiro atoms. The average Bonchev–Trinajstić information content (AvgIpc) is 2.19. The van der Waals surface area contributed by atoms with Crippen molar-refractivity contribution in [2.24, 2.45) is 0 Å². The number of carbonyl (C=O) groups is 1. The van der Waals surface area contributed by atoms with Crippen molar-refractivity contribution >= 4 is 6.29 Å². The zero-order valence-corrected chi connectivity index (χ0v) is 8.43. The molecule has 0 saturated carbocycles. The molecule has 1 aromatic rings. The molecule has 0 fully saturated rings. The normalized spacial score (nSPS) is 10.2. The van der Waals surface area contributed by atoms with Crippen LogP contribution in [0, 0.1) is 12.7 Å². The maximum Gasteiger partial charge on any atom is 0.150 e. The number of nitrogens with one attached hydrogen (secondary N) is 1. The molecule has 2 nitrogen and oxygen atoms in total. The number of carbonyl (C=O) groups excluding carboxylic acids is 1. The molecule has 3 heteroatoms. The van der Waals surface area contributed by atoms with Gasteiger partial charge in [0, 0.05) is 5.56 Å². The monoisotopic (exact) mass is 195 g/mol. The Balaban J connectivity index is 3.00. The second-order valence-electron chi connectivity index (χ2n) is 3.27. The third-order valence-corrected chi connectivity index (χ3v) is 2.19. The Kier molecular flexibility index (Phi) is 3.77. The summed E-state index contributed by atoms with van der Waals surface area (Å²) in [7, 11) is 1.84. The lowest BCUT2D eigenvalue weighted by Crippen LogP contribution is -2.11. The van der Waals surface area contributed by atoms with Crippen LogP contribution in [-0.2, 0) is 6.42 Å². The van der Waals surface area contributed by atoms with E-state index < -0.39 is 0 Å². The maximum absolute atomic E-state index is 13.1. The Labute approximate surface area is 83.1 Å². The lowest BCUT2D eigenvalue weighted by Gasteiger charge is -2.06. The van der Waals surface area contributed by atoms with Gasteiger partial charge in [0.05, 0.1) is 0 Å². The molecular formula is C11H14FNO. The molecule has 0 aliphatic rings. The smallest absolute Gasteiger partial charge is 0.150 e.